The van der Waals surface area contributed by atoms with Crippen molar-refractivity contribution in [3.8, 4) is 11.1 Å². The molecule has 2 aromatic carbocycles. The molecule has 2 aromatic rings. The minimum Gasteiger partial charge on any atom is -0.310 e. The largest absolute Gasteiger partial charge is 0.310 e. The van der Waals surface area contributed by atoms with Crippen molar-refractivity contribution in [1.29, 1.82) is 0 Å². The van der Waals surface area contributed by atoms with Crippen LogP contribution in [-0.2, 0) is 6.54 Å². The van der Waals surface area contributed by atoms with Crippen molar-refractivity contribution in [2.75, 3.05) is 0 Å². The third-order valence-electron chi connectivity index (χ3n) is 3.54. The maximum Gasteiger partial charge on any atom is 0.148 e. The van der Waals surface area contributed by atoms with Crippen LogP contribution in [0.15, 0.2) is 34.8 Å². The summed E-state index contributed by atoms with van der Waals surface area (Å²) in [5.41, 5.74) is 1.31. The summed E-state index contributed by atoms with van der Waals surface area (Å²) in [5.74, 6) is -1.22. The zero-order chi connectivity index (χ0) is 15.0. The molecule has 0 spiro atoms. The van der Waals surface area contributed by atoms with Gasteiger partial charge in [0.25, 0.3) is 0 Å². The number of benzene rings is 2. The monoisotopic (exact) mass is 371 g/mol. The molecule has 0 aromatic heterocycles. The molecule has 0 unspecified atom stereocenters. The van der Waals surface area contributed by atoms with Crippen molar-refractivity contribution >= 4 is 27.5 Å². The van der Waals surface area contributed by atoms with E-state index in [-0.39, 0.29) is 10.0 Å². The van der Waals surface area contributed by atoms with Crippen molar-refractivity contribution in [3.05, 3.63) is 57.0 Å². The summed E-state index contributed by atoms with van der Waals surface area (Å²) < 4.78 is 28.2. The van der Waals surface area contributed by atoms with Gasteiger partial charge in [-0.25, -0.2) is 8.78 Å². The van der Waals surface area contributed by atoms with Gasteiger partial charge in [-0.05, 0) is 58.1 Å². The zero-order valence-electron chi connectivity index (χ0n) is 11.1. The maximum atomic E-state index is 14.1. The Morgan fingerprint density at radius 3 is 2.62 bits per heavy atom. The molecule has 1 N–H and O–H groups in total. The molecule has 0 bridgehead atoms. The van der Waals surface area contributed by atoms with Crippen LogP contribution < -0.4 is 5.32 Å². The molecule has 21 heavy (non-hydrogen) atoms. The average molecular weight is 373 g/mol. The van der Waals surface area contributed by atoms with Crippen LogP contribution in [0.2, 0.25) is 5.02 Å². The minimum atomic E-state index is -0.616. The second-order valence-electron chi connectivity index (χ2n) is 5.18. The SMILES string of the molecule is Fc1ccc(Br)c(F)c1-c1ccc(CNC2CC2)c(Cl)c1. The Hall–Kier alpha value is -0.970. The molecule has 0 amide bonds. The summed E-state index contributed by atoms with van der Waals surface area (Å²) in [5, 5.41) is 3.88. The van der Waals surface area contributed by atoms with Crippen molar-refractivity contribution in [2.45, 2.75) is 25.4 Å². The van der Waals surface area contributed by atoms with Gasteiger partial charge in [0, 0.05) is 17.6 Å². The van der Waals surface area contributed by atoms with E-state index >= 15 is 0 Å². The molecular formula is C16H13BrClF2N. The van der Waals surface area contributed by atoms with Gasteiger partial charge in [0.2, 0.25) is 0 Å². The van der Waals surface area contributed by atoms with Crippen molar-refractivity contribution < 1.29 is 8.78 Å². The third kappa shape index (κ3) is 3.28. The van der Waals surface area contributed by atoms with Gasteiger partial charge in [0.1, 0.15) is 11.6 Å². The highest BCUT2D eigenvalue weighted by atomic mass is 79.9. The van der Waals surface area contributed by atoms with E-state index in [0.29, 0.717) is 23.2 Å². The van der Waals surface area contributed by atoms with E-state index < -0.39 is 11.6 Å². The summed E-state index contributed by atoms with van der Waals surface area (Å²) >= 11 is 9.30. The lowest BCUT2D eigenvalue weighted by Crippen LogP contribution is -2.15. The molecule has 0 atom stereocenters. The summed E-state index contributed by atoms with van der Waals surface area (Å²) in [7, 11) is 0. The number of hydrogen-bond donors (Lipinski definition) is 1. The zero-order valence-corrected chi connectivity index (χ0v) is 13.4. The van der Waals surface area contributed by atoms with Crippen LogP contribution in [0.25, 0.3) is 11.1 Å². The first-order valence-electron chi connectivity index (χ1n) is 6.72. The van der Waals surface area contributed by atoms with Gasteiger partial charge in [-0.1, -0.05) is 23.7 Å². The molecule has 0 aliphatic heterocycles. The van der Waals surface area contributed by atoms with E-state index in [0.717, 1.165) is 5.56 Å². The Morgan fingerprint density at radius 2 is 1.95 bits per heavy atom. The second-order valence-corrected chi connectivity index (χ2v) is 6.44. The van der Waals surface area contributed by atoms with Crippen molar-refractivity contribution in [3.63, 3.8) is 0 Å². The predicted molar refractivity (Wildman–Crippen MR) is 84.4 cm³/mol. The molecule has 5 heteroatoms. The number of halogens is 4. The van der Waals surface area contributed by atoms with Gasteiger partial charge in [0.15, 0.2) is 0 Å². The maximum absolute atomic E-state index is 14.1. The molecule has 1 aliphatic carbocycles. The molecule has 1 aliphatic rings. The van der Waals surface area contributed by atoms with E-state index in [4.69, 9.17) is 11.6 Å². The van der Waals surface area contributed by atoms with Crippen LogP contribution in [0, 0.1) is 11.6 Å². The second kappa shape index (κ2) is 6.03. The lowest BCUT2D eigenvalue weighted by atomic mass is 10.0. The van der Waals surface area contributed by atoms with E-state index in [1.165, 1.54) is 25.0 Å². The van der Waals surface area contributed by atoms with E-state index in [2.05, 4.69) is 21.2 Å². The molecule has 0 radical (unpaired) electrons. The van der Waals surface area contributed by atoms with Gasteiger partial charge < -0.3 is 5.32 Å². The fourth-order valence-electron chi connectivity index (χ4n) is 2.18. The molecule has 1 nitrogen and oxygen atoms in total. The molecule has 1 saturated carbocycles. The first-order chi connectivity index (χ1) is 10.1. The highest BCUT2D eigenvalue weighted by Crippen LogP contribution is 2.33. The molecule has 0 saturated heterocycles. The van der Waals surface area contributed by atoms with Gasteiger partial charge in [-0.2, -0.15) is 0 Å². The normalized spacial score (nSPS) is 14.5. The molecular weight excluding hydrogens is 360 g/mol. The topological polar surface area (TPSA) is 12.0 Å². The molecule has 3 rings (SSSR count). The predicted octanol–water partition coefficient (Wildman–Crippen LogP) is 5.30. The smallest absolute Gasteiger partial charge is 0.148 e. The van der Waals surface area contributed by atoms with E-state index in [9.17, 15) is 8.78 Å². The van der Waals surface area contributed by atoms with Gasteiger partial charge in [-0.3, -0.25) is 0 Å². The quantitative estimate of drug-likeness (QED) is 0.718. The van der Waals surface area contributed by atoms with E-state index in [1.54, 1.807) is 12.1 Å². The number of hydrogen-bond acceptors (Lipinski definition) is 1. The lowest BCUT2D eigenvalue weighted by Gasteiger charge is -2.10. The van der Waals surface area contributed by atoms with E-state index in [1.807, 2.05) is 6.07 Å². The standard InChI is InChI=1S/C16H13BrClF2N/c17-12-5-6-14(19)15(16(12)20)9-1-2-10(13(18)7-9)8-21-11-3-4-11/h1-2,5-7,11,21H,3-4,8H2. The van der Waals surface area contributed by atoms with Crippen LogP contribution in [-0.4, -0.2) is 6.04 Å². The lowest BCUT2D eigenvalue weighted by molar-refractivity contribution is 0.585. The Morgan fingerprint density at radius 1 is 1.19 bits per heavy atom. The Labute approximate surface area is 135 Å². The van der Waals surface area contributed by atoms with Crippen LogP contribution in [0.4, 0.5) is 8.78 Å². The highest BCUT2D eigenvalue weighted by molar-refractivity contribution is 9.10. The third-order valence-corrected chi connectivity index (χ3v) is 4.51. The van der Waals surface area contributed by atoms with Gasteiger partial charge >= 0.3 is 0 Å². The van der Waals surface area contributed by atoms with Crippen LogP contribution >= 0.6 is 27.5 Å². The summed E-state index contributed by atoms with van der Waals surface area (Å²) in [6.07, 6.45) is 2.40. The Balaban J connectivity index is 1.92. The van der Waals surface area contributed by atoms with Crippen LogP contribution in [0.5, 0.6) is 0 Å². The minimum absolute atomic E-state index is 0.0621. The van der Waals surface area contributed by atoms with Crippen molar-refractivity contribution in [1.82, 2.24) is 5.32 Å². The average Bonchev–Trinajstić information content (AvgIpc) is 3.27. The number of nitrogens with one attached hydrogen (secondary N) is 1. The van der Waals surface area contributed by atoms with Crippen molar-refractivity contribution in [2.24, 2.45) is 0 Å². The Kier molecular flexibility index (Phi) is 4.29. The fraction of sp³-hybridized carbons (Fsp3) is 0.250. The molecule has 1 fully saturated rings. The molecule has 0 heterocycles. The van der Waals surface area contributed by atoms with Crippen LogP contribution in [0.1, 0.15) is 18.4 Å². The number of rotatable bonds is 4. The van der Waals surface area contributed by atoms with Gasteiger partial charge in [-0.15, -0.1) is 0 Å². The summed E-state index contributed by atoms with van der Waals surface area (Å²) in [6, 6.07) is 8.29. The first-order valence-corrected chi connectivity index (χ1v) is 7.89. The Bertz CT molecular complexity index is 686. The highest BCUT2D eigenvalue weighted by Gasteiger charge is 2.21. The van der Waals surface area contributed by atoms with Crippen LogP contribution in [0.3, 0.4) is 0 Å². The molecule has 110 valence electrons. The van der Waals surface area contributed by atoms with Gasteiger partial charge in [0.05, 0.1) is 10.0 Å². The summed E-state index contributed by atoms with van der Waals surface area (Å²) in [6.45, 7) is 0.674. The summed E-state index contributed by atoms with van der Waals surface area (Å²) in [4.78, 5) is 0. The first kappa shape index (κ1) is 14.9. The fourth-order valence-corrected chi connectivity index (χ4v) is 2.76.